The molecule has 1 aliphatic rings. The van der Waals surface area contributed by atoms with Gasteiger partial charge in [-0.05, 0) is 25.3 Å². The van der Waals surface area contributed by atoms with Crippen LogP contribution in [0.4, 0.5) is 5.13 Å². The normalized spacial score (nSPS) is 18.7. The molecule has 0 radical (unpaired) electrons. The molecule has 0 amide bonds. The molecule has 0 aliphatic carbocycles. The van der Waals surface area contributed by atoms with Crippen molar-refractivity contribution in [1.29, 1.82) is 0 Å². The zero-order chi connectivity index (χ0) is 16.8. The molecule has 0 spiro atoms. The molecule has 4 nitrogen and oxygen atoms in total. The molecule has 2 aromatic rings. The summed E-state index contributed by atoms with van der Waals surface area (Å²) in [4.78, 5) is 9.68. The lowest BCUT2D eigenvalue weighted by Crippen LogP contribution is -2.41. The third-order valence-electron chi connectivity index (χ3n) is 4.63. The van der Waals surface area contributed by atoms with E-state index in [9.17, 15) is 0 Å². The summed E-state index contributed by atoms with van der Waals surface area (Å²) in [5.74, 6) is 0.713. The molecule has 1 atom stereocenters. The first-order valence-corrected chi connectivity index (χ1v) is 9.57. The first-order chi connectivity index (χ1) is 11.8. The van der Waals surface area contributed by atoms with Crippen molar-refractivity contribution >= 4 is 16.5 Å². The lowest BCUT2D eigenvalue weighted by molar-refractivity contribution is 0.116. The van der Waals surface area contributed by atoms with Crippen molar-refractivity contribution in [3.63, 3.8) is 0 Å². The van der Waals surface area contributed by atoms with Gasteiger partial charge in [-0.25, -0.2) is 4.98 Å². The number of methoxy groups -OCH3 is 1. The maximum absolute atomic E-state index is 5.21. The first kappa shape index (κ1) is 17.4. The van der Waals surface area contributed by atoms with Crippen LogP contribution in [0.25, 0.3) is 11.3 Å². The smallest absolute Gasteiger partial charge is 0.185 e. The molecule has 5 heteroatoms. The lowest BCUT2D eigenvalue weighted by atomic mass is 9.98. The lowest BCUT2D eigenvalue weighted by Gasteiger charge is -2.34. The third-order valence-corrected chi connectivity index (χ3v) is 5.59. The SMILES string of the molecule is COCCN1CCC[C@@H](CN(C)c2nc(-c3ccccc3)cs2)C1. The Morgan fingerprint density at radius 2 is 2.17 bits per heavy atom. The number of anilines is 1. The number of nitrogens with zero attached hydrogens (tertiary/aromatic N) is 3. The van der Waals surface area contributed by atoms with Gasteiger partial charge in [0.2, 0.25) is 0 Å². The molecule has 0 N–H and O–H groups in total. The number of hydrogen-bond donors (Lipinski definition) is 0. The number of aromatic nitrogens is 1. The molecule has 2 heterocycles. The van der Waals surface area contributed by atoms with Crippen LogP contribution in [0.2, 0.25) is 0 Å². The summed E-state index contributed by atoms with van der Waals surface area (Å²) in [5, 5.41) is 3.27. The van der Waals surface area contributed by atoms with Crippen molar-refractivity contribution in [2.45, 2.75) is 12.8 Å². The fourth-order valence-corrected chi connectivity index (χ4v) is 4.18. The highest BCUT2D eigenvalue weighted by Crippen LogP contribution is 2.28. The fraction of sp³-hybridized carbons (Fsp3) is 0.526. The fourth-order valence-electron chi connectivity index (χ4n) is 3.37. The number of benzene rings is 1. The second-order valence-electron chi connectivity index (χ2n) is 6.56. The van der Waals surface area contributed by atoms with E-state index < -0.39 is 0 Å². The van der Waals surface area contributed by atoms with Crippen LogP contribution in [0.1, 0.15) is 12.8 Å². The standard InChI is InChI=1S/C19H27N3OS/c1-21(13-16-7-6-10-22(14-16)11-12-23-2)19-20-18(15-24-19)17-8-4-3-5-9-17/h3-5,8-9,15-16H,6-7,10-14H2,1-2H3/t16-/m0/s1. The van der Waals surface area contributed by atoms with E-state index in [1.54, 1.807) is 18.4 Å². The molecule has 1 aromatic heterocycles. The van der Waals surface area contributed by atoms with Crippen molar-refractivity contribution in [3.05, 3.63) is 35.7 Å². The van der Waals surface area contributed by atoms with Crippen LogP contribution >= 0.6 is 11.3 Å². The summed E-state index contributed by atoms with van der Waals surface area (Å²) in [6, 6.07) is 10.4. The summed E-state index contributed by atoms with van der Waals surface area (Å²) >= 11 is 1.74. The predicted molar refractivity (Wildman–Crippen MR) is 102 cm³/mol. The Bertz CT molecular complexity index is 616. The number of ether oxygens (including phenoxy) is 1. The number of likely N-dealkylation sites (tertiary alicyclic amines) is 1. The van der Waals surface area contributed by atoms with E-state index >= 15 is 0 Å². The average Bonchev–Trinajstić information content (AvgIpc) is 3.11. The molecule has 0 unspecified atom stereocenters. The third kappa shape index (κ3) is 4.56. The van der Waals surface area contributed by atoms with Gasteiger partial charge in [-0.15, -0.1) is 11.3 Å². The van der Waals surface area contributed by atoms with Gasteiger partial charge in [0, 0.05) is 44.7 Å². The van der Waals surface area contributed by atoms with Gasteiger partial charge in [0.1, 0.15) is 0 Å². The summed E-state index contributed by atoms with van der Waals surface area (Å²) in [5.41, 5.74) is 2.27. The molecular weight excluding hydrogens is 318 g/mol. The maximum Gasteiger partial charge on any atom is 0.185 e. The van der Waals surface area contributed by atoms with E-state index in [0.717, 1.165) is 30.5 Å². The molecular formula is C19H27N3OS. The molecule has 1 aromatic carbocycles. The average molecular weight is 346 g/mol. The van der Waals surface area contributed by atoms with Gasteiger partial charge in [0.25, 0.3) is 0 Å². The molecule has 24 heavy (non-hydrogen) atoms. The van der Waals surface area contributed by atoms with Crippen molar-refractivity contribution in [2.24, 2.45) is 5.92 Å². The monoisotopic (exact) mass is 345 g/mol. The van der Waals surface area contributed by atoms with Crippen molar-refractivity contribution in [2.75, 3.05) is 51.8 Å². The largest absolute Gasteiger partial charge is 0.383 e. The summed E-state index contributed by atoms with van der Waals surface area (Å²) in [6.45, 7) is 5.33. The summed E-state index contributed by atoms with van der Waals surface area (Å²) in [7, 11) is 3.95. The van der Waals surface area contributed by atoms with Crippen LogP contribution in [0.3, 0.4) is 0 Å². The van der Waals surface area contributed by atoms with E-state index in [2.05, 4.69) is 46.5 Å². The molecule has 3 rings (SSSR count). The highest BCUT2D eigenvalue weighted by Gasteiger charge is 2.21. The highest BCUT2D eigenvalue weighted by molar-refractivity contribution is 7.14. The first-order valence-electron chi connectivity index (χ1n) is 8.69. The zero-order valence-corrected chi connectivity index (χ0v) is 15.5. The Morgan fingerprint density at radius 3 is 2.96 bits per heavy atom. The minimum Gasteiger partial charge on any atom is -0.383 e. The molecule has 1 saturated heterocycles. The number of thiazole rings is 1. The molecule has 130 valence electrons. The van der Waals surface area contributed by atoms with Gasteiger partial charge in [-0.1, -0.05) is 30.3 Å². The van der Waals surface area contributed by atoms with Gasteiger partial charge < -0.3 is 14.5 Å². The quantitative estimate of drug-likeness (QED) is 0.766. The Morgan fingerprint density at radius 1 is 1.33 bits per heavy atom. The zero-order valence-electron chi connectivity index (χ0n) is 14.6. The van der Waals surface area contributed by atoms with Crippen LogP contribution in [-0.4, -0.2) is 56.8 Å². The van der Waals surface area contributed by atoms with E-state index in [1.807, 2.05) is 6.07 Å². The van der Waals surface area contributed by atoms with E-state index in [1.165, 1.54) is 31.5 Å². The van der Waals surface area contributed by atoms with E-state index in [4.69, 9.17) is 9.72 Å². The van der Waals surface area contributed by atoms with Gasteiger partial charge in [-0.3, -0.25) is 0 Å². The predicted octanol–water partition coefficient (Wildman–Crippen LogP) is 3.60. The van der Waals surface area contributed by atoms with Crippen LogP contribution < -0.4 is 4.90 Å². The number of hydrogen-bond acceptors (Lipinski definition) is 5. The second-order valence-corrected chi connectivity index (χ2v) is 7.40. The molecule has 1 fully saturated rings. The number of piperidine rings is 1. The molecule has 0 bridgehead atoms. The van der Waals surface area contributed by atoms with E-state index in [-0.39, 0.29) is 0 Å². The number of rotatable bonds is 7. The molecule has 0 saturated carbocycles. The van der Waals surface area contributed by atoms with Gasteiger partial charge in [0.15, 0.2) is 5.13 Å². The van der Waals surface area contributed by atoms with Crippen LogP contribution in [0.5, 0.6) is 0 Å². The van der Waals surface area contributed by atoms with Crippen molar-refractivity contribution in [3.8, 4) is 11.3 Å². The minimum absolute atomic E-state index is 0.713. The highest BCUT2D eigenvalue weighted by atomic mass is 32.1. The topological polar surface area (TPSA) is 28.6 Å². The van der Waals surface area contributed by atoms with Gasteiger partial charge in [0.05, 0.1) is 12.3 Å². The van der Waals surface area contributed by atoms with Crippen LogP contribution in [0, 0.1) is 5.92 Å². The van der Waals surface area contributed by atoms with Crippen molar-refractivity contribution < 1.29 is 4.74 Å². The molecule has 1 aliphatic heterocycles. The van der Waals surface area contributed by atoms with Gasteiger partial charge in [-0.2, -0.15) is 0 Å². The summed E-state index contributed by atoms with van der Waals surface area (Å²) in [6.07, 6.45) is 2.60. The van der Waals surface area contributed by atoms with Gasteiger partial charge >= 0.3 is 0 Å². The van der Waals surface area contributed by atoms with Crippen LogP contribution in [0.15, 0.2) is 35.7 Å². The Kier molecular flexibility index (Phi) is 6.24. The van der Waals surface area contributed by atoms with E-state index in [0.29, 0.717) is 5.92 Å². The Labute approximate surface area is 149 Å². The van der Waals surface area contributed by atoms with Crippen LogP contribution in [-0.2, 0) is 4.74 Å². The maximum atomic E-state index is 5.21. The minimum atomic E-state index is 0.713. The van der Waals surface area contributed by atoms with Crippen molar-refractivity contribution in [1.82, 2.24) is 9.88 Å². The Balaban J connectivity index is 1.57. The summed E-state index contributed by atoms with van der Waals surface area (Å²) < 4.78 is 5.21. The Hall–Kier alpha value is -1.43. The second kappa shape index (κ2) is 8.60.